The highest BCUT2D eigenvalue weighted by Crippen LogP contribution is 2.45. The second kappa shape index (κ2) is 4.22. The first-order chi connectivity index (χ1) is 7.59. The number of phenolic OH excluding ortho intramolecular Hbond substituents is 1. The molecule has 0 spiro atoms. The first-order valence-corrected chi connectivity index (χ1v) is 5.85. The van der Waals surface area contributed by atoms with Crippen LogP contribution < -0.4 is 5.73 Å². The average molecular weight is 244 g/mol. The molecule has 1 aromatic carbocycles. The number of phenols is 1. The van der Waals surface area contributed by atoms with E-state index in [2.05, 4.69) is 0 Å². The molecule has 0 bridgehead atoms. The van der Waals surface area contributed by atoms with Crippen LogP contribution in [0.25, 0.3) is 0 Å². The highest BCUT2D eigenvalue weighted by atomic mass is 35.5. The Bertz CT molecular complexity index is 402. The quantitative estimate of drug-likeness (QED) is 0.839. The fourth-order valence-corrected chi connectivity index (χ4v) is 2.81. The lowest BCUT2D eigenvalue weighted by Crippen LogP contribution is -2.32. The zero-order valence-corrected chi connectivity index (χ0v) is 9.73. The van der Waals surface area contributed by atoms with E-state index in [4.69, 9.17) is 17.3 Å². The van der Waals surface area contributed by atoms with Crippen LogP contribution in [0.2, 0.25) is 5.02 Å². The smallest absolute Gasteiger partial charge is 0.138 e. The number of halogens is 2. The third-order valence-electron chi connectivity index (χ3n) is 3.55. The zero-order valence-electron chi connectivity index (χ0n) is 8.97. The predicted molar refractivity (Wildman–Crippen MR) is 62.3 cm³/mol. The van der Waals surface area contributed by atoms with E-state index in [9.17, 15) is 9.50 Å². The van der Waals surface area contributed by atoms with Crippen LogP contribution in [0.15, 0.2) is 12.1 Å². The first-order valence-electron chi connectivity index (χ1n) is 5.48. The molecule has 2 nitrogen and oxygen atoms in total. The van der Waals surface area contributed by atoms with Gasteiger partial charge < -0.3 is 10.8 Å². The van der Waals surface area contributed by atoms with Gasteiger partial charge in [-0.05, 0) is 25.0 Å². The van der Waals surface area contributed by atoms with E-state index >= 15 is 0 Å². The van der Waals surface area contributed by atoms with Gasteiger partial charge in [-0.15, -0.1) is 0 Å². The van der Waals surface area contributed by atoms with Gasteiger partial charge in [0.15, 0.2) is 0 Å². The van der Waals surface area contributed by atoms with E-state index in [0.717, 1.165) is 31.7 Å². The normalized spacial score (nSPS) is 18.9. The number of benzene rings is 1. The Morgan fingerprint density at radius 3 is 2.56 bits per heavy atom. The average Bonchev–Trinajstić information content (AvgIpc) is 2.73. The maximum absolute atomic E-state index is 13.3. The van der Waals surface area contributed by atoms with Gasteiger partial charge in [0.05, 0.1) is 5.02 Å². The molecule has 1 aliphatic carbocycles. The number of hydrogen-bond donors (Lipinski definition) is 2. The summed E-state index contributed by atoms with van der Waals surface area (Å²) < 4.78 is 13.3. The van der Waals surface area contributed by atoms with Crippen LogP contribution in [0.1, 0.15) is 31.2 Å². The first kappa shape index (κ1) is 11.7. The summed E-state index contributed by atoms with van der Waals surface area (Å²) in [6.45, 7) is 0.417. The van der Waals surface area contributed by atoms with E-state index in [-0.39, 0.29) is 16.2 Å². The Morgan fingerprint density at radius 2 is 2.00 bits per heavy atom. The summed E-state index contributed by atoms with van der Waals surface area (Å²) in [5, 5.41) is 9.99. The summed E-state index contributed by atoms with van der Waals surface area (Å²) >= 11 is 5.79. The molecule has 88 valence electrons. The van der Waals surface area contributed by atoms with E-state index in [1.54, 1.807) is 0 Å². The number of aromatic hydroxyl groups is 1. The van der Waals surface area contributed by atoms with Crippen molar-refractivity contribution in [3.8, 4) is 5.75 Å². The van der Waals surface area contributed by atoms with Gasteiger partial charge in [-0.1, -0.05) is 24.4 Å². The molecular weight excluding hydrogens is 229 g/mol. The molecule has 0 amide bonds. The second-order valence-corrected chi connectivity index (χ2v) is 4.88. The maximum atomic E-state index is 13.3. The van der Waals surface area contributed by atoms with Crippen molar-refractivity contribution in [1.82, 2.24) is 0 Å². The summed E-state index contributed by atoms with van der Waals surface area (Å²) in [6, 6.07) is 2.49. The molecule has 0 atom stereocenters. The molecule has 1 aliphatic rings. The minimum absolute atomic E-state index is 0.0181. The minimum atomic E-state index is -0.419. The number of rotatable bonds is 2. The molecule has 1 saturated carbocycles. The van der Waals surface area contributed by atoms with Crippen LogP contribution in [-0.4, -0.2) is 11.7 Å². The fourth-order valence-electron chi connectivity index (χ4n) is 2.61. The molecule has 16 heavy (non-hydrogen) atoms. The van der Waals surface area contributed by atoms with Gasteiger partial charge >= 0.3 is 0 Å². The van der Waals surface area contributed by atoms with Crippen molar-refractivity contribution in [1.29, 1.82) is 0 Å². The number of hydrogen-bond acceptors (Lipinski definition) is 2. The van der Waals surface area contributed by atoms with Gasteiger partial charge in [-0.25, -0.2) is 4.39 Å². The van der Waals surface area contributed by atoms with Gasteiger partial charge in [0.1, 0.15) is 11.6 Å². The molecule has 0 saturated heterocycles. The van der Waals surface area contributed by atoms with Crippen molar-refractivity contribution in [3.63, 3.8) is 0 Å². The van der Waals surface area contributed by atoms with E-state index in [0.29, 0.717) is 12.1 Å². The largest absolute Gasteiger partial charge is 0.506 e. The van der Waals surface area contributed by atoms with Gasteiger partial charge in [0.2, 0.25) is 0 Å². The summed E-state index contributed by atoms with van der Waals surface area (Å²) in [4.78, 5) is 0. The van der Waals surface area contributed by atoms with Crippen LogP contribution in [-0.2, 0) is 5.41 Å². The molecule has 2 rings (SSSR count). The van der Waals surface area contributed by atoms with Crippen LogP contribution in [0.5, 0.6) is 5.75 Å². The SMILES string of the molecule is NCC1(c2cc(F)cc(Cl)c2O)CCCC1. The maximum Gasteiger partial charge on any atom is 0.138 e. The van der Waals surface area contributed by atoms with Gasteiger partial charge in [-0.3, -0.25) is 0 Å². The lowest BCUT2D eigenvalue weighted by Gasteiger charge is -2.28. The molecule has 1 fully saturated rings. The van der Waals surface area contributed by atoms with Crippen molar-refractivity contribution in [2.45, 2.75) is 31.1 Å². The highest BCUT2D eigenvalue weighted by molar-refractivity contribution is 6.32. The van der Waals surface area contributed by atoms with Crippen LogP contribution >= 0.6 is 11.6 Å². The Morgan fingerprint density at radius 1 is 1.38 bits per heavy atom. The van der Waals surface area contributed by atoms with Gasteiger partial charge in [0.25, 0.3) is 0 Å². The van der Waals surface area contributed by atoms with Crippen LogP contribution in [0.3, 0.4) is 0 Å². The monoisotopic (exact) mass is 243 g/mol. The predicted octanol–water partition coefficient (Wildman–Crippen LogP) is 2.96. The zero-order chi connectivity index (χ0) is 11.8. The minimum Gasteiger partial charge on any atom is -0.506 e. The molecular formula is C12H15ClFNO. The highest BCUT2D eigenvalue weighted by Gasteiger charge is 2.37. The molecule has 0 aliphatic heterocycles. The molecule has 0 heterocycles. The summed E-state index contributed by atoms with van der Waals surface area (Å²) in [5.74, 6) is -0.437. The molecule has 0 unspecified atom stereocenters. The third-order valence-corrected chi connectivity index (χ3v) is 3.84. The summed E-state index contributed by atoms with van der Waals surface area (Å²) in [6.07, 6.45) is 3.89. The van der Waals surface area contributed by atoms with Gasteiger partial charge in [0, 0.05) is 17.5 Å². The number of nitrogens with two attached hydrogens (primary N) is 1. The van der Waals surface area contributed by atoms with Crippen molar-refractivity contribution in [2.75, 3.05) is 6.54 Å². The van der Waals surface area contributed by atoms with Crippen molar-refractivity contribution in [2.24, 2.45) is 5.73 Å². The fraction of sp³-hybridized carbons (Fsp3) is 0.500. The van der Waals surface area contributed by atoms with Crippen LogP contribution in [0, 0.1) is 5.82 Å². The second-order valence-electron chi connectivity index (χ2n) is 4.48. The van der Waals surface area contributed by atoms with E-state index < -0.39 is 5.82 Å². The Kier molecular flexibility index (Phi) is 3.08. The summed E-state index contributed by atoms with van der Waals surface area (Å²) in [5.41, 5.74) is 6.06. The van der Waals surface area contributed by atoms with Crippen molar-refractivity contribution >= 4 is 11.6 Å². The van der Waals surface area contributed by atoms with Gasteiger partial charge in [-0.2, -0.15) is 0 Å². The van der Waals surface area contributed by atoms with Crippen molar-refractivity contribution in [3.05, 3.63) is 28.5 Å². The third kappa shape index (κ3) is 1.78. The Labute approximate surface area is 99.2 Å². The molecule has 4 heteroatoms. The van der Waals surface area contributed by atoms with E-state index in [1.165, 1.54) is 6.07 Å². The van der Waals surface area contributed by atoms with Crippen LogP contribution in [0.4, 0.5) is 4.39 Å². The van der Waals surface area contributed by atoms with Crippen molar-refractivity contribution < 1.29 is 9.50 Å². The Hall–Kier alpha value is -0.800. The standard InChI is InChI=1S/C12H15ClFNO/c13-10-6-8(14)5-9(11(10)16)12(7-15)3-1-2-4-12/h5-6,16H,1-4,7,15H2. The molecule has 0 aromatic heterocycles. The molecule has 1 aromatic rings. The summed E-state index contributed by atoms with van der Waals surface area (Å²) in [7, 11) is 0. The lowest BCUT2D eigenvalue weighted by molar-refractivity contribution is 0.402. The Balaban J connectivity index is 2.53. The molecule has 3 N–H and O–H groups in total. The molecule has 0 radical (unpaired) electrons. The lowest BCUT2D eigenvalue weighted by atomic mass is 9.78. The topological polar surface area (TPSA) is 46.2 Å². The van der Waals surface area contributed by atoms with E-state index in [1.807, 2.05) is 0 Å².